The topological polar surface area (TPSA) is 44.8 Å². The van der Waals surface area contributed by atoms with Crippen LogP contribution in [0.2, 0.25) is 0 Å². The number of carbonyl (C=O) groups is 1. The maximum Gasteiger partial charge on any atom is 0.338 e. The number of halogens is 1. The highest BCUT2D eigenvalue weighted by Gasteiger charge is 2.14. The zero-order valence-corrected chi connectivity index (χ0v) is 15.6. The van der Waals surface area contributed by atoms with Crippen molar-refractivity contribution in [3.05, 3.63) is 78.9 Å². The fourth-order valence-corrected chi connectivity index (χ4v) is 2.13. The van der Waals surface area contributed by atoms with Crippen molar-refractivity contribution < 1.29 is 23.4 Å². The van der Waals surface area contributed by atoms with E-state index in [0.29, 0.717) is 34.0 Å². The van der Waals surface area contributed by atoms with E-state index in [9.17, 15) is 9.18 Å². The lowest BCUT2D eigenvalue weighted by atomic mass is 10.0. The summed E-state index contributed by atoms with van der Waals surface area (Å²) >= 11 is 0. The molecule has 0 bridgehead atoms. The first-order valence-electron chi connectivity index (χ1n) is 8.11. The zero-order valence-electron chi connectivity index (χ0n) is 15.6. The Morgan fingerprint density at radius 1 is 0.926 bits per heavy atom. The third-order valence-electron chi connectivity index (χ3n) is 3.68. The molecule has 27 heavy (non-hydrogen) atoms. The van der Waals surface area contributed by atoms with Crippen molar-refractivity contribution in [1.82, 2.24) is 0 Å². The van der Waals surface area contributed by atoms with Gasteiger partial charge in [-0.15, -0.1) is 0 Å². The van der Waals surface area contributed by atoms with Gasteiger partial charge in [-0.3, -0.25) is 0 Å². The van der Waals surface area contributed by atoms with E-state index >= 15 is 0 Å². The molecule has 0 atom stereocenters. The fourth-order valence-electron chi connectivity index (χ4n) is 2.13. The Morgan fingerprint density at radius 2 is 1.63 bits per heavy atom. The SMILES string of the molecule is C=C(C)C(=C)Oc1ccc(-c2ccc(OC(=O)C(=C)C)c(OC)c2)c(F)c1. The highest BCUT2D eigenvalue weighted by atomic mass is 19.1. The molecule has 5 heteroatoms. The van der Waals surface area contributed by atoms with Crippen molar-refractivity contribution in [3.8, 4) is 28.4 Å². The van der Waals surface area contributed by atoms with E-state index in [1.807, 2.05) is 0 Å². The van der Waals surface area contributed by atoms with Crippen LogP contribution in [-0.4, -0.2) is 13.1 Å². The van der Waals surface area contributed by atoms with Gasteiger partial charge in [0.15, 0.2) is 11.5 Å². The first-order chi connectivity index (χ1) is 12.7. The van der Waals surface area contributed by atoms with Crippen LogP contribution in [0.1, 0.15) is 13.8 Å². The number of hydrogen-bond acceptors (Lipinski definition) is 4. The first-order valence-corrected chi connectivity index (χ1v) is 8.11. The van der Waals surface area contributed by atoms with Gasteiger partial charge < -0.3 is 14.2 Å². The Morgan fingerprint density at radius 3 is 2.19 bits per heavy atom. The van der Waals surface area contributed by atoms with Gasteiger partial charge in [-0.1, -0.05) is 25.8 Å². The maximum absolute atomic E-state index is 14.6. The molecule has 0 aliphatic rings. The van der Waals surface area contributed by atoms with Crippen LogP contribution in [-0.2, 0) is 4.79 Å². The minimum absolute atomic E-state index is 0.229. The molecule has 2 aromatic rings. The molecular weight excluding hydrogens is 347 g/mol. The molecule has 0 aliphatic heterocycles. The highest BCUT2D eigenvalue weighted by Crippen LogP contribution is 2.35. The van der Waals surface area contributed by atoms with Gasteiger partial charge >= 0.3 is 5.97 Å². The van der Waals surface area contributed by atoms with Crippen molar-refractivity contribution in [2.75, 3.05) is 7.11 Å². The molecule has 0 amide bonds. The average Bonchev–Trinajstić information content (AvgIpc) is 2.62. The van der Waals surface area contributed by atoms with Crippen LogP contribution in [0.15, 0.2) is 73.0 Å². The number of benzene rings is 2. The number of ether oxygens (including phenoxy) is 3. The van der Waals surface area contributed by atoms with Gasteiger partial charge in [0, 0.05) is 17.2 Å². The van der Waals surface area contributed by atoms with E-state index in [-0.39, 0.29) is 11.3 Å². The highest BCUT2D eigenvalue weighted by molar-refractivity contribution is 5.89. The summed E-state index contributed by atoms with van der Waals surface area (Å²) in [6.07, 6.45) is 0. The Bertz CT molecular complexity index is 928. The Kier molecular flexibility index (Phi) is 6.19. The summed E-state index contributed by atoms with van der Waals surface area (Å²) in [5, 5.41) is 0. The van der Waals surface area contributed by atoms with Crippen LogP contribution in [0.25, 0.3) is 11.1 Å². The first kappa shape index (κ1) is 20.0. The quantitative estimate of drug-likeness (QED) is 0.214. The fraction of sp³-hybridized carbons (Fsp3) is 0.136. The van der Waals surface area contributed by atoms with Gasteiger partial charge in [0.1, 0.15) is 17.3 Å². The molecule has 0 fully saturated rings. The van der Waals surface area contributed by atoms with Crippen LogP contribution < -0.4 is 14.2 Å². The van der Waals surface area contributed by atoms with Crippen LogP contribution in [0, 0.1) is 5.82 Å². The largest absolute Gasteiger partial charge is 0.493 e. The summed E-state index contributed by atoms with van der Waals surface area (Å²) < 4.78 is 30.5. The molecule has 0 aliphatic carbocycles. The Balaban J connectivity index is 2.32. The Hall–Kier alpha value is -3.34. The van der Waals surface area contributed by atoms with Crippen molar-refractivity contribution in [2.24, 2.45) is 0 Å². The molecule has 0 heterocycles. The molecule has 0 saturated heterocycles. The maximum atomic E-state index is 14.6. The Labute approximate surface area is 158 Å². The number of rotatable bonds is 7. The van der Waals surface area contributed by atoms with Crippen molar-refractivity contribution in [1.29, 1.82) is 0 Å². The molecule has 2 rings (SSSR count). The molecule has 0 N–H and O–H groups in total. The monoisotopic (exact) mass is 368 g/mol. The molecule has 140 valence electrons. The smallest absolute Gasteiger partial charge is 0.338 e. The lowest BCUT2D eigenvalue weighted by molar-refractivity contribution is -0.130. The number of esters is 1. The third-order valence-corrected chi connectivity index (χ3v) is 3.68. The van der Waals surface area contributed by atoms with Crippen molar-refractivity contribution in [3.63, 3.8) is 0 Å². The number of methoxy groups -OCH3 is 1. The molecular formula is C22H21FO4. The summed E-state index contributed by atoms with van der Waals surface area (Å²) in [5.41, 5.74) is 1.83. The standard InChI is InChI=1S/C22H21FO4/c1-13(2)15(5)26-17-8-9-18(19(23)12-17)16-7-10-20(21(11-16)25-6)27-22(24)14(3)4/h7-12H,1,3,5H2,2,4,6H3. The van der Waals surface area contributed by atoms with Gasteiger partial charge in [-0.2, -0.15) is 0 Å². The van der Waals surface area contributed by atoms with Gasteiger partial charge in [0.25, 0.3) is 0 Å². The van der Waals surface area contributed by atoms with Crippen molar-refractivity contribution in [2.45, 2.75) is 13.8 Å². The lowest BCUT2D eigenvalue weighted by Crippen LogP contribution is -2.09. The third kappa shape index (κ3) is 4.85. The minimum Gasteiger partial charge on any atom is -0.493 e. The molecule has 0 radical (unpaired) electrons. The second-order valence-electron chi connectivity index (χ2n) is 5.98. The van der Waals surface area contributed by atoms with Gasteiger partial charge in [-0.05, 0) is 49.2 Å². The van der Waals surface area contributed by atoms with E-state index in [4.69, 9.17) is 14.2 Å². The molecule has 2 aromatic carbocycles. The molecule has 4 nitrogen and oxygen atoms in total. The summed E-state index contributed by atoms with van der Waals surface area (Å²) in [7, 11) is 1.44. The van der Waals surface area contributed by atoms with Crippen LogP contribution in [0.5, 0.6) is 17.2 Å². The molecule has 0 aromatic heterocycles. The lowest BCUT2D eigenvalue weighted by Gasteiger charge is -2.13. The van der Waals surface area contributed by atoms with E-state index in [0.717, 1.165) is 0 Å². The summed E-state index contributed by atoms with van der Waals surface area (Å²) in [4.78, 5) is 11.7. The number of hydrogen-bond donors (Lipinski definition) is 0. The second-order valence-corrected chi connectivity index (χ2v) is 5.98. The molecule has 0 unspecified atom stereocenters. The van der Waals surface area contributed by atoms with E-state index in [1.165, 1.54) is 13.2 Å². The van der Waals surface area contributed by atoms with E-state index in [1.54, 1.807) is 44.2 Å². The number of carbonyl (C=O) groups excluding carboxylic acids is 1. The predicted octanol–water partition coefficient (Wildman–Crippen LogP) is 5.45. The molecule has 0 spiro atoms. The minimum atomic E-state index is -0.563. The predicted molar refractivity (Wildman–Crippen MR) is 103 cm³/mol. The van der Waals surface area contributed by atoms with Gasteiger partial charge in [0.2, 0.25) is 0 Å². The normalized spacial score (nSPS) is 10.1. The zero-order chi connectivity index (χ0) is 20.1. The van der Waals surface area contributed by atoms with E-state index < -0.39 is 11.8 Å². The second kappa shape index (κ2) is 8.36. The van der Waals surface area contributed by atoms with Crippen LogP contribution >= 0.6 is 0 Å². The van der Waals surface area contributed by atoms with Gasteiger partial charge in [-0.25, -0.2) is 9.18 Å². The summed E-state index contributed by atoms with van der Waals surface area (Å²) in [5.74, 6) is 0.183. The van der Waals surface area contributed by atoms with Crippen LogP contribution in [0.4, 0.5) is 4.39 Å². The van der Waals surface area contributed by atoms with E-state index in [2.05, 4.69) is 19.7 Å². The summed E-state index contributed by atoms with van der Waals surface area (Å²) in [6, 6.07) is 9.26. The van der Waals surface area contributed by atoms with Crippen LogP contribution in [0.3, 0.4) is 0 Å². The molecule has 0 saturated carbocycles. The summed E-state index contributed by atoms with van der Waals surface area (Å²) in [6.45, 7) is 14.3. The number of allylic oxidation sites excluding steroid dienone is 1. The van der Waals surface area contributed by atoms with Gasteiger partial charge in [0.05, 0.1) is 7.11 Å². The van der Waals surface area contributed by atoms with Crippen molar-refractivity contribution >= 4 is 5.97 Å². The average molecular weight is 368 g/mol.